The first kappa shape index (κ1) is 20.1. The Labute approximate surface area is 147 Å². The molecule has 0 aliphatic carbocycles. The first-order valence-corrected chi connectivity index (χ1v) is 7.73. The number of rotatable bonds is 6. The van der Waals surface area contributed by atoms with Crippen LogP contribution in [-0.2, 0) is 0 Å². The van der Waals surface area contributed by atoms with E-state index in [0.29, 0.717) is 29.4 Å². The van der Waals surface area contributed by atoms with Crippen molar-refractivity contribution in [3.63, 3.8) is 0 Å². The van der Waals surface area contributed by atoms with Gasteiger partial charge in [0.25, 0.3) is 5.91 Å². The van der Waals surface area contributed by atoms with E-state index < -0.39 is 0 Å². The molecule has 1 amide bonds. The highest BCUT2D eigenvalue weighted by molar-refractivity contribution is 5.95. The van der Waals surface area contributed by atoms with Gasteiger partial charge in [0, 0.05) is 12.6 Å². The fourth-order valence-electron chi connectivity index (χ4n) is 2.52. The van der Waals surface area contributed by atoms with E-state index in [1.807, 2.05) is 6.92 Å². The Balaban J connectivity index is 0.00000288. The molecule has 2 aromatic rings. The highest BCUT2D eigenvalue weighted by atomic mass is 35.5. The van der Waals surface area contributed by atoms with Crippen LogP contribution in [0, 0.1) is 18.7 Å². The Morgan fingerprint density at radius 1 is 1.33 bits per heavy atom. The molecular formula is C17H24ClFN4O. The van der Waals surface area contributed by atoms with Crippen LogP contribution in [0.25, 0.3) is 5.69 Å². The standard InChI is InChI=1S/C17H23FN4O.ClH/c1-11(2)8-14(9-19)21-17(23)16-10-20-22(12(16)3)15-6-4-13(18)5-7-15;/h4-7,10-11,14H,8-9,19H2,1-3H3,(H,21,23);1H. The van der Waals surface area contributed by atoms with E-state index in [4.69, 9.17) is 5.73 Å². The molecule has 24 heavy (non-hydrogen) atoms. The number of benzene rings is 1. The summed E-state index contributed by atoms with van der Waals surface area (Å²) in [6.07, 6.45) is 2.35. The van der Waals surface area contributed by atoms with E-state index in [-0.39, 0.29) is 30.2 Å². The van der Waals surface area contributed by atoms with Crippen LogP contribution < -0.4 is 11.1 Å². The number of carbonyl (C=O) groups excluding carboxylic acids is 1. The van der Waals surface area contributed by atoms with Crippen molar-refractivity contribution >= 4 is 18.3 Å². The normalized spacial score (nSPS) is 11.9. The minimum atomic E-state index is -0.309. The lowest BCUT2D eigenvalue weighted by molar-refractivity contribution is 0.0933. The van der Waals surface area contributed by atoms with Crippen molar-refractivity contribution < 1.29 is 9.18 Å². The number of nitrogens with two attached hydrogens (primary N) is 1. The van der Waals surface area contributed by atoms with Gasteiger partial charge in [-0.2, -0.15) is 5.10 Å². The minimum absolute atomic E-state index is 0. The van der Waals surface area contributed by atoms with E-state index in [1.54, 1.807) is 16.8 Å². The summed E-state index contributed by atoms with van der Waals surface area (Å²) in [4.78, 5) is 12.4. The largest absolute Gasteiger partial charge is 0.348 e. The van der Waals surface area contributed by atoms with E-state index in [1.165, 1.54) is 18.3 Å². The van der Waals surface area contributed by atoms with Crippen LogP contribution >= 0.6 is 12.4 Å². The summed E-state index contributed by atoms with van der Waals surface area (Å²) < 4.78 is 14.6. The summed E-state index contributed by atoms with van der Waals surface area (Å²) in [5, 5.41) is 7.18. The van der Waals surface area contributed by atoms with Gasteiger partial charge >= 0.3 is 0 Å². The second-order valence-electron chi connectivity index (χ2n) is 6.07. The molecule has 0 radical (unpaired) electrons. The Morgan fingerprint density at radius 2 is 1.96 bits per heavy atom. The van der Waals surface area contributed by atoms with Gasteiger partial charge in [0.05, 0.1) is 23.1 Å². The Hall–Kier alpha value is -1.92. The molecule has 0 saturated carbocycles. The van der Waals surface area contributed by atoms with Crippen molar-refractivity contribution in [2.45, 2.75) is 33.2 Å². The number of halogens is 2. The summed E-state index contributed by atoms with van der Waals surface area (Å²) in [6.45, 7) is 6.39. The fourth-order valence-corrected chi connectivity index (χ4v) is 2.52. The van der Waals surface area contributed by atoms with Crippen molar-refractivity contribution in [3.05, 3.63) is 47.5 Å². The van der Waals surface area contributed by atoms with E-state index in [9.17, 15) is 9.18 Å². The molecule has 7 heteroatoms. The Morgan fingerprint density at radius 3 is 2.50 bits per heavy atom. The molecule has 1 atom stereocenters. The predicted molar refractivity (Wildman–Crippen MR) is 95.3 cm³/mol. The van der Waals surface area contributed by atoms with Crippen molar-refractivity contribution in [2.75, 3.05) is 6.54 Å². The molecule has 1 aromatic heterocycles. The van der Waals surface area contributed by atoms with E-state index in [0.717, 1.165) is 6.42 Å². The van der Waals surface area contributed by atoms with E-state index in [2.05, 4.69) is 24.3 Å². The minimum Gasteiger partial charge on any atom is -0.348 e. The van der Waals surface area contributed by atoms with Gasteiger partial charge in [-0.1, -0.05) is 13.8 Å². The SMILES string of the molecule is Cc1c(C(=O)NC(CN)CC(C)C)cnn1-c1ccc(F)cc1.Cl. The third-order valence-electron chi connectivity index (χ3n) is 3.70. The molecule has 3 N–H and O–H groups in total. The van der Waals surface area contributed by atoms with Crippen LogP contribution in [0.1, 0.15) is 36.3 Å². The molecule has 1 aromatic carbocycles. The predicted octanol–water partition coefficient (Wildman–Crippen LogP) is 2.84. The number of amides is 1. The van der Waals surface area contributed by atoms with Crippen LogP contribution in [0.4, 0.5) is 4.39 Å². The zero-order chi connectivity index (χ0) is 17.0. The van der Waals surface area contributed by atoms with E-state index >= 15 is 0 Å². The van der Waals surface area contributed by atoms with Crippen LogP contribution in [0.15, 0.2) is 30.5 Å². The molecule has 1 heterocycles. The highest BCUT2D eigenvalue weighted by Crippen LogP contribution is 2.15. The summed E-state index contributed by atoms with van der Waals surface area (Å²) in [7, 11) is 0. The summed E-state index contributed by atoms with van der Waals surface area (Å²) in [5.74, 6) is -0.0464. The second kappa shape index (κ2) is 8.80. The van der Waals surface area contributed by atoms with Crippen molar-refractivity contribution in [2.24, 2.45) is 11.7 Å². The molecule has 132 valence electrons. The number of carbonyl (C=O) groups is 1. The average Bonchev–Trinajstić information content (AvgIpc) is 2.88. The first-order valence-electron chi connectivity index (χ1n) is 7.73. The summed E-state index contributed by atoms with van der Waals surface area (Å²) in [5.41, 5.74) is 7.63. The van der Waals surface area contributed by atoms with Crippen LogP contribution in [0.5, 0.6) is 0 Å². The molecule has 5 nitrogen and oxygen atoms in total. The Bertz CT molecular complexity index is 670. The zero-order valence-corrected chi connectivity index (χ0v) is 14.9. The molecule has 1 unspecified atom stereocenters. The number of hydrogen-bond donors (Lipinski definition) is 2. The average molecular weight is 355 g/mol. The first-order chi connectivity index (χ1) is 10.9. The van der Waals surface area contributed by atoms with Crippen molar-refractivity contribution in [1.82, 2.24) is 15.1 Å². The third-order valence-corrected chi connectivity index (χ3v) is 3.70. The molecule has 2 rings (SSSR count). The number of aromatic nitrogens is 2. The summed E-state index contributed by atoms with van der Waals surface area (Å²) in [6, 6.07) is 5.92. The van der Waals surface area contributed by atoms with Crippen molar-refractivity contribution in [3.8, 4) is 5.69 Å². The topological polar surface area (TPSA) is 72.9 Å². The second-order valence-corrected chi connectivity index (χ2v) is 6.07. The molecule has 0 aliphatic heterocycles. The lowest BCUT2D eigenvalue weighted by Crippen LogP contribution is -2.41. The van der Waals surface area contributed by atoms with Crippen LogP contribution in [-0.4, -0.2) is 28.3 Å². The number of nitrogens with one attached hydrogen (secondary N) is 1. The maximum atomic E-state index is 13.0. The third kappa shape index (κ3) is 4.79. The van der Waals surface area contributed by atoms with Gasteiger partial charge in [0.1, 0.15) is 5.82 Å². The molecular weight excluding hydrogens is 331 g/mol. The number of nitrogens with zero attached hydrogens (tertiary/aromatic N) is 2. The maximum absolute atomic E-state index is 13.0. The van der Waals surface area contributed by atoms with Gasteiger partial charge in [0.2, 0.25) is 0 Å². The quantitative estimate of drug-likeness (QED) is 0.837. The van der Waals surface area contributed by atoms with Crippen LogP contribution in [0.2, 0.25) is 0 Å². The molecule has 0 bridgehead atoms. The zero-order valence-electron chi connectivity index (χ0n) is 14.1. The van der Waals surface area contributed by atoms with Gasteiger partial charge in [-0.05, 0) is 43.5 Å². The lowest BCUT2D eigenvalue weighted by atomic mass is 10.0. The molecule has 0 aliphatic rings. The number of hydrogen-bond acceptors (Lipinski definition) is 3. The molecule has 0 fully saturated rings. The van der Waals surface area contributed by atoms with Crippen molar-refractivity contribution in [1.29, 1.82) is 0 Å². The molecule has 0 spiro atoms. The molecule has 0 saturated heterocycles. The lowest BCUT2D eigenvalue weighted by Gasteiger charge is -2.18. The highest BCUT2D eigenvalue weighted by Gasteiger charge is 2.18. The Kier molecular flexibility index (Phi) is 7.38. The fraction of sp³-hybridized carbons (Fsp3) is 0.412. The van der Waals surface area contributed by atoms with Crippen LogP contribution in [0.3, 0.4) is 0 Å². The van der Waals surface area contributed by atoms with Gasteiger partial charge in [0.15, 0.2) is 0 Å². The summed E-state index contributed by atoms with van der Waals surface area (Å²) >= 11 is 0. The smallest absolute Gasteiger partial charge is 0.255 e. The van der Waals surface area contributed by atoms with Gasteiger partial charge in [-0.3, -0.25) is 4.79 Å². The van der Waals surface area contributed by atoms with Gasteiger partial charge in [-0.25, -0.2) is 9.07 Å². The monoisotopic (exact) mass is 354 g/mol. The maximum Gasteiger partial charge on any atom is 0.255 e. The van der Waals surface area contributed by atoms with Gasteiger partial charge in [-0.15, -0.1) is 12.4 Å². The van der Waals surface area contributed by atoms with Gasteiger partial charge < -0.3 is 11.1 Å².